The van der Waals surface area contributed by atoms with Crippen LogP contribution in [0.4, 0.5) is 5.69 Å². The van der Waals surface area contributed by atoms with Gasteiger partial charge >= 0.3 is 0 Å². The third-order valence-electron chi connectivity index (χ3n) is 4.42. The third-order valence-corrected chi connectivity index (χ3v) is 5.00. The van der Waals surface area contributed by atoms with Crippen molar-refractivity contribution in [3.63, 3.8) is 0 Å². The summed E-state index contributed by atoms with van der Waals surface area (Å²) in [6.07, 6.45) is 0. The van der Waals surface area contributed by atoms with Gasteiger partial charge in [0.25, 0.3) is 5.91 Å². The quantitative estimate of drug-likeness (QED) is 0.339. The van der Waals surface area contributed by atoms with E-state index in [-0.39, 0.29) is 23.7 Å². The van der Waals surface area contributed by atoms with E-state index >= 15 is 0 Å². The molecule has 2 N–H and O–H groups in total. The van der Waals surface area contributed by atoms with Crippen molar-refractivity contribution in [2.75, 3.05) is 0 Å². The first-order valence-corrected chi connectivity index (χ1v) is 9.70. The highest BCUT2D eigenvalue weighted by Gasteiger charge is 2.14. The summed E-state index contributed by atoms with van der Waals surface area (Å²) >= 11 is 12.1. The number of azo groups is 1. The van der Waals surface area contributed by atoms with Crippen molar-refractivity contribution in [1.29, 1.82) is 0 Å². The highest BCUT2D eigenvalue weighted by Crippen LogP contribution is 2.35. The first-order valence-electron chi connectivity index (χ1n) is 8.94. The van der Waals surface area contributed by atoms with Crippen LogP contribution in [0.1, 0.15) is 15.9 Å². The Balaban J connectivity index is 1.56. The summed E-state index contributed by atoms with van der Waals surface area (Å²) < 4.78 is 5.79. The molecule has 0 spiro atoms. The Morgan fingerprint density at radius 2 is 1.80 bits per heavy atom. The van der Waals surface area contributed by atoms with Crippen LogP contribution in [-0.2, 0) is 6.61 Å². The molecule has 1 heterocycles. The molecule has 0 saturated carbocycles. The fraction of sp³-hybridized carbons (Fsp3) is 0.0455. The number of amides is 1. The number of rotatable bonds is 5. The van der Waals surface area contributed by atoms with Crippen molar-refractivity contribution in [1.82, 2.24) is 4.98 Å². The summed E-state index contributed by atoms with van der Waals surface area (Å²) in [5.41, 5.74) is 1.87. The molecule has 1 aromatic heterocycles. The van der Waals surface area contributed by atoms with Crippen molar-refractivity contribution in [2.45, 2.75) is 6.61 Å². The molecule has 0 atom stereocenters. The van der Waals surface area contributed by atoms with Crippen molar-refractivity contribution in [2.24, 2.45) is 10.2 Å². The largest absolute Gasteiger partial charge is 0.493 e. The molecule has 0 fully saturated rings. The van der Waals surface area contributed by atoms with Crippen LogP contribution in [0.2, 0.25) is 10.0 Å². The molecule has 0 aliphatic rings. The van der Waals surface area contributed by atoms with Crippen LogP contribution in [0.25, 0.3) is 10.9 Å². The van der Waals surface area contributed by atoms with Gasteiger partial charge in [0, 0.05) is 21.0 Å². The van der Waals surface area contributed by atoms with Gasteiger partial charge in [-0.25, -0.2) is 0 Å². The Morgan fingerprint density at radius 1 is 1.03 bits per heavy atom. The van der Waals surface area contributed by atoms with Crippen LogP contribution in [0.15, 0.2) is 77.0 Å². The molecule has 1 amide bonds. The highest BCUT2D eigenvalue weighted by molar-refractivity contribution is 6.35. The van der Waals surface area contributed by atoms with E-state index < -0.39 is 5.91 Å². The average Bonchev–Trinajstić information content (AvgIpc) is 3.06. The number of carbonyl (C=O) groups is 1. The van der Waals surface area contributed by atoms with Crippen molar-refractivity contribution < 1.29 is 14.6 Å². The molecule has 0 saturated heterocycles. The number of aromatic amines is 1. The molecule has 8 heteroatoms. The van der Waals surface area contributed by atoms with Gasteiger partial charge in [0.05, 0.1) is 11.1 Å². The van der Waals surface area contributed by atoms with Crippen molar-refractivity contribution in [3.8, 4) is 11.6 Å². The Hall–Kier alpha value is -3.35. The smallest absolute Gasteiger partial charge is 0.299 e. The molecule has 0 radical (unpaired) electrons. The number of hydrogen-bond donors (Lipinski definition) is 2. The summed E-state index contributed by atoms with van der Waals surface area (Å²) in [6, 6.07) is 19.0. The Morgan fingerprint density at radius 3 is 2.63 bits per heavy atom. The average molecular weight is 440 g/mol. The molecular weight excluding hydrogens is 425 g/mol. The van der Waals surface area contributed by atoms with Crippen molar-refractivity contribution >= 4 is 45.7 Å². The van der Waals surface area contributed by atoms with E-state index in [0.29, 0.717) is 26.7 Å². The molecule has 0 aliphatic heterocycles. The Kier molecular flexibility index (Phi) is 5.70. The van der Waals surface area contributed by atoms with E-state index in [0.717, 1.165) is 5.56 Å². The maximum atomic E-state index is 12.7. The van der Waals surface area contributed by atoms with Crippen LogP contribution < -0.4 is 4.74 Å². The van der Waals surface area contributed by atoms with Gasteiger partial charge in [-0.05, 0) is 30.3 Å². The Bertz CT molecular complexity index is 1270. The van der Waals surface area contributed by atoms with E-state index in [2.05, 4.69) is 15.2 Å². The lowest BCUT2D eigenvalue weighted by Gasteiger charge is -2.10. The minimum absolute atomic E-state index is 0.153. The van der Waals surface area contributed by atoms with Gasteiger partial charge in [0.2, 0.25) is 5.88 Å². The van der Waals surface area contributed by atoms with Gasteiger partial charge in [0.15, 0.2) is 5.69 Å². The second kappa shape index (κ2) is 8.57. The van der Waals surface area contributed by atoms with Crippen LogP contribution in [0.5, 0.6) is 11.6 Å². The lowest BCUT2D eigenvalue weighted by atomic mass is 10.2. The van der Waals surface area contributed by atoms with Gasteiger partial charge in [-0.3, -0.25) is 4.79 Å². The lowest BCUT2D eigenvalue weighted by Crippen LogP contribution is -2.02. The monoisotopic (exact) mass is 439 g/mol. The number of nitrogens with zero attached hydrogens (tertiary/aromatic N) is 2. The molecule has 4 rings (SSSR count). The minimum Gasteiger partial charge on any atom is -0.493 e. The fourth-order valence-electron chi connectivity index (χ4n) is 2.93. The molecule has 3 aromatic carbocycles. The fourth-order valence-corrected chi connectivity index (χ4v) is 3.39. The van der Waals surface area contributed by atoms with Gasteiger partial charge in [-0.2, -0.15) is 0 Å². The van der Waals surface area contributed by atoms with Crippen molar-refractivity contribution in [3.05, 3.63) is 87.9 Å². The summed E-state index contributed by atoms with van der Waals surface area (Å²) in [4.78, 5) is 15.4. The van der Waals surface area contributed by atoms with E-state index in [1.165, 1.54) is 0 Å². The molecule has 0 bridgehead atoms. The maximum Gasteiger partial charge on any atom is 0.299 e. The predicted octanol–water partition coefficient (Wildman–Crippen LogP) is 6.68. The molecular formula is C22H15Cl2N3O3. The summed E-state index contributed by atoms with van der Waals surface area (Å²) in [5, 5.41) is 19.5. The lowest BCUT2D eigenvalue weighted by molar-refractivity contribution is 0.0990. The number of hydrogen-bond acceptors (Lipinski definition) is 4. The minimum atomic E-state index is -0.600. The molecule has 30 heavy (non-hydrogen) atoms. The van der Waals surface area contributed by atoms with Gasteiger partial charge < -0.3 is 14.8 Å². The predicted molar refractivity (Wildman–Crippen MR) is 116 cm³/mol. The van der Waals surface area contributed by atoms with Crippen LogP contribution in [-0.4, -0.2) is 16.0 Å². The molecule has 4 aromatic rings. The first kappa shape index (κ1) is 19.9. The topological polar surface area (TPSA) is 87.0 Å². The zero-order chi connectivity index (χ0) is 21.1. The SMILES string of the molecule is O=C(N=Nc1c(O)[nH]c2ccccc12)c1ccccc1OCc1ccc(Cl)cc1Cl. The normalized spacial score (nSPS) is 11.3. The van der Waals surface area contributed by atoms with Gasteiger partial charge in [-0.1, -0.05) is 59.6 Å². The number of fused-ring (bicyclic) bond motifs is 1. The molecule has 6 nitrogen and oxygen atoms in total. The summed E-state index contributed by atoms with van der Waals surface area (Å²) in [6.45, 7) is 0.153. The number of nitrogens with one attached hydrogen (secondary N) is 1. The molecule has 0 aliphatic carbocycles. The number of carbonyl (C=O) groups excluding carboxylic acids is 1. The number of H-pyrrole nitrogens is 1. The number of aromatic hydroxyl groups is 1. The van der Waals surface area contributed by atoms with E-state index in [9.17, 15) is 9.90 Å². The van der Waals surface area contributed by atoms with Gasteiger partial charge in [0.1, 0.15) is 12.4 Å². The first-order chi connectivity index (χ1) is 14.5. The second-order valence-electron chi connectivity index (χ2n) is 6.39. The van der Waals surface area contributed by atoms with Crippen LogP contribution >= 0.6 is 23.2 Å². The third kappa shape index (κ3) is 4.15. The van der Waals surface area contributed by atoms with Crippen LogP contribution in [0.3, 0.4) is 0 Å². The number of para-hydroxylation sites is 2. The zero-order valence-electron chi connectivity index (χ0n) is 15.5. The van der Waals surface area contributed by atoms with E-state index in [1.807, 2.05) is 12.1 Å². The number of aromatic nitrogens is 1. The number of halogens is 2. The van der Waals surface area contributed by atoms with E-state index in [1.54, 1.807) is 54.6 Å². The Labute approximate surface area is 181 Å². The zero-order valence-corrected chi connectivity index (χ0v) is 17.0. The number of benzene rings is 3. The summed E-state index contributed by atoms with van der Waals surface area (Å²) in [5.74, 6) is -0.414. The molecule has 0 unspecified atom stereocenters. The van der Waals surface area contributed by atoms with Gasteiger partial charge in [-0.15, -0.1) is 10.2 Å². The summed E-state index contributed by atoms with van der Waals surface area (Å²) in [7, 11) is 0. The standard InChI is InChI=1S/C22H15Cl2N3O3/c23-14-10-9-13(17(24)11-14)12-30-19-8-4-2-6-16(19)21(28)27-26-20-15-5-1-3-7-18(15)25-22(20)29/h1-11,25,29H,12H2. The van der Waals surface area contributed by atoms with Crippen LogP contribution in [0, 0.1) is 0 Å². The molecule has 150 valence electrons. The van der Waals surface area contributed by atoms with E-state index in [4.69, 9.17) is 27.9 Å². The number of ether oxygens (including phenoxy) is 1. The second-order valence-corrected chi connectivity index (χ2v) is 7.24. The maximum absolute atomic E-state index is 12.7. The highest BCUT2D eigenvalue weighted by atomic mass is 35.5.